The Bertz CT molecular complexity index is 416. The van der Waals surface area contributed by atoms with Crippen molar-refractivity contribution in [3.05, 3.63) is 24.3 Å². The lowest BCUT2D eigenvalue weighted by Crippen LogP contribution is -2.03. The highest BCUT2D eigenvalue weighted by molar-refractivity contribution is 5.65. The highest BCUT2D eigenvalue weighted by Gasteiger charge is 1.97. The van der Waals surface area contributed by atoms with Gasteiger partial charge in [-0.05, 0) is 18.6 Å². The number of para-hydroxylation sites is 2. The molecular formula is C24H44N2. The van der Waals surface area contributed by atoms with Crippen LogP contribution in [0.3, 0.4) is 0 Å². The van der Waals surface area contributed by atoms with E-state index in [1.807, 2.05) is 18.2 Å². The lowest BCUT2D eigenvalue weighted by atomic mass is 10.0. The largest absolute Gasteiger partial charge is 0.397 e. The van der Waals surface area contributed by atoms with Gasteiger partial charge in [0.25, 0.3) is 0 Å². The van der Waals surface area contributed by atoms with Crippen LogP contribution in [0.1, 0.15) is 110 Å². The third-order valence-corrected chi connectivity index (χ3v) is 5.31. The minimum atomic E-state index is 0.851. The van der Waals surface area contributed by atoms with Crippen LogP contribution in [0, 0.1) is 0 Å². The molecule has 0 saturated heterocycles. The van der Waals surface area contributed by atoms with Gasteiger partial charge in [0.05, 0.1) is 11.4 Å². The van der Waals surface area contributed by atoms with Crippen molar-refractivity contribution in [3.8, 4) is 0 Å². The molecule has 2 heteroatoms. The Labute approximate surface area is 163 Å². The molecule has 3 N–H and O–H groups in total. The average molecular weight is 361 g/mol. The van der Waals surface area contributed by atoms with Gasteiger partial charge in [-0.3, -0.25) is 0 Å². The summed E-state index contributed by atoms with van der Waals surface area (Å²) in [6, 6.07) is 8.03. The summed E-state index contributed by atoms with van der Waals surface area (Å²) in [5, 5.41) is 3.44. The molecule has 0 heterocycles. The molecule has 0 bridgehead atoms. The van der Waals surface area contributed by atoms with Gasteiger partial charge < -0.3 is 11.1 Å². The van der Waals surface area contributed by atoms with Crippen LogP contribution >= 0.6 is 0 Å². The van der Waals surface area contributed by atoms with Crippen LogP contribution in [0.4, 0.5) is 11.4 Å². The third-order valence-electron chi connectivity index (χ3n) is 5.31. The Morgan fingerprint density at radius 2 is 1.04 bits per heavy atom. The van der Waals surface area contributed by atoms with Crippen LogP contribution in [0.15, 0.2) is 24.3 Å². The summed E-state index contributed by atoms with van der Waals surface area (Å²) in [6.07, 6.45) is 22.7. The van der Waals surface area contributed by atoms with Crippen molar-refractivity contribution in [1.82, 2.24) is 0 Å². The van der Waals surface area contributed by atoms with E-state index < -0.39 is 0 Å². The number of nitrogen functional groups attached to an aromatic ring is 1. The molecule has 0 saturated carbocycles. The number of unbranched alkanes of at least 4 members (excludes halogenated alkanes) is 15. The van der Waals surface area contributed by atoms with Crippen LogP contribution in [0.2, 0.25) is 0 Å². The van der Waals surface area contributed by atoms with E-state index in [1.54, 1.807) is 0 Å². The fraction of sp³-hybridized carbons (Fsp3) is 0.750. The number of hydrogen-bond donors (Lipinski definition) is 2. The Kier molecular flexibility index (Phi) is 15.2. The maximum Gasteiger partial charge on any atom is 0.0573 e. The van der Waals surface area contributed by atoms with Crippen molar-refractivity contribution < 1.29 is 0 Å². The van der Waals surface area contributed by atoms with E-state index in [0.29, 0.717) is 0 Å². The van der Waals surface area contributed by atoms with Gasteiger partial charge in [0, 0.05) is 6.54 Å². The first kappa shape index (κ1) is 22.9. The second-order valence-electron chi connectivity index (χ2n) is 7.82. The predicted molar refractivity (Wildman–Crippen MR) is 119 cm³/mol. The summed E-state index contributed by atoms with van der Waals surface area (Å²) in [7, 11) is 0. The van der Waals surface area contributed by atoms with Crippen molar-refractivity contribution in [2.45, 2.75) is 110 Å². The Morgan fingerprint density at radius 3 is 1.50 bits per heavy atom. The molecule has 0 atom stereocenters. The van der Waals surface area contributed by atoms with Crippen LogP contribution in [0.25, 0.3) is 0 Å². The minimum absolute atomic E-state index is 0.851. The van der Waals surface area contributed by atoms with E-state index in [2.05, 4.69) is 18.3 Å². The highest BCUT2D eigenvalue weighted by atomic mass is 14.9. The Balaban J connectivity index is 1.74. The lowest BCUT2D eigenvalue weighted by Gasteiger charge is -2.08. The summed E-state index contributed by atoms with van der Waals surface area (Å²) in [6.45, 7) is 3.33. The molecular weight excluding hydrogens is 316 g/mol. The molecule has 0 aliphatic carbocycles. The number of nitrogens with one attached hydrogen (secondary N) is 1. The summed E-state index contributed by atoms with van der Waals surface area (Å²) >= 11 is 0. The predicted octanol–water partition coefficient (Wildman–Crippen LogP) is 7.94. The molecule has 0 aliphatic rings. The zero-order valence-electron chi connectivity index (χ0n) is 17.4. The van der Waals surface area contributed by atoms with E-state index in [-0.39, 0.29) is 0 Å². The molecule has 1 aromatic carbocycles. The molecule has 0 unspecified atom stereocenters. The standard InChI is InChI=1S/C24H44N2/c1-2-3-4-5-6-7-8-9-10-11-12-13-14-15-16-19-22-26-24-21-18-17-20-23(24)25/h17-18,20-21,26H,2-16,19,22,25H2,1H3. The zero-order valence-corrected chi connectivity index (χ0v) is 17.4. The van der Waals surface area contributed by atoms with E-state index in [9.17, 15) is 0 Å². The molecule has 0 amide bonds. The van der Waals surface area contributed by atoms with Crippen molar-refractivity contribution in [3.63, 3.8) is 0 Å². The highest BCUT2D eigenvalue weighted by Crippen LogP contribution is 2.17. The van der Waals surface area contributed by atoms with Gasteiger partial charge >= 0.3 is 0 Å². The number of hydrogen-bond acceptors (Lipinski definition) is 2. The maximum absolute atomic E-state index is 5.93. The monoisotopic (exact) mass is 360 g/mol. The first-order valence-corrected chi connectivity index (χ1v) is 11.4. The van der Waals surface area contributed by atoms with Crippen molar-refractivity contribution in [1.29, 1.82) is 0 Å². The van der Waals surface area contributed by atoms with Gasteiger partial charge in [-0.25, -0.2) is 0 Å². The van der Waals surface area contributed by atoms with Crippen LogP contribution in [0.5, 0.6) is 0 Å². The smallest absolute Gasteiger partial charge is 0.0573 e. The van der Waals surface area contributed by atoms with Crippen LogP contribution in [-0.2, 0) is 0 Å². The fourth-order valence-corrected chi connectivity index (χ4v) is 3.55. The van der Waals surface area contributed by atoms with E-state index >= 15 is 0 Å². The van der Waals surface area contributed by atoms with Crippen molar-refractivity contribution in [2.24, 2.45) is 0 Å². The number of rotatable bonds is 18. The maximum atomic E-state index is 5.93. The molecule has 0 spiro atoms. The number of nitrogens with two attached hydrogens (primary N) is 1. The summed E-state index contributed by atoms with van der Waals surface area (Å²) < 4.78 is 0. The first-order chi connectivity index (χ1) is 12.8. The second kappa shape index (κ2) is 17.2. The van der Waals surface area contributed by atoms with E-state index in [4.69, 9.17) is 5.73 Å². The van der Waals surface area contributed by atoms with Crippen LogP contribution < -0.4 is 11.1 Å². The second-order valence-corrected chi connectivity index (χ2v) is 7.82. The average Bonchev–Trinajstić information content (AvgIpc) is 2.65. The molecule has 2 nitrogen and oxygen atoms in total. The lowest BCUT2D eigenvalue weighted by molar-refractivity contribution is 0.530. The molecule has 150 valence electrons. The SMILES string of the molecule is CCCCCCCCCCCCCCCCCCNc1ccccc1N. The van der Waals surface area contributed by atoms with Crippen molar-refractivity contribution in [2.75, 3.05) is 17.6 Å². The summed E-state index contributed by atoms with van der Waals surface area (Å²) in [4.78, 5) is 0. The van der Waals surface area contributed by atoms with Gasteiger partial charge in [0.1, 0.15) is 0 Å². The molecule has 26 heavy (non-hydrogen) atoms. The molecule has 0 radical (unpaired) electrons. The molecule has 0 aromatic heterocycles. The van der Waals surface area contributed by atoms with E-state index in [0.717, 1.165) is 17.9 Å². The summed E-state index contributed by atoms with van der Waals surface area (Å²) in [5.74, 6) is 0. The molecule has 1 aromatic rings. The Hall–Kier alpha value is -1.18. The van der Waals surface area contributed by atoms with Gasteiger partial charge in [-0.15, -0.1) is 0 Å². The zero-order chi connectivity index (χ0) is 18.7. The van der Waals surface area contributed by atoms with Gasteiger partial charge in [-0.1, -0.05) is 115 Å². The van der Waals surface area contributed by atoms with Gasteiger partial charge in [-0.2, -0.15) is 0 Å². The fourth-order valence-electron chi connectivity index (χ4n) is 3.55. The first-order valence-electron chi connectivity index (χ1n) is 11.4. The van der Waals surface area contributed by atoms with Crippen molar-refractivity contribution >= 4 is 11.4 Å². The Morgan fingerprint density at radius 1 is 0.615 bits per heavy atom. The quantitative estimate of drug-likeness (QED) is 0.206. The van der Waals surface area contributed by atoms with E-state index in [1.165, 1.54) is 103 Å². The number of anilines is 2. The molecule has 0 aliphatic heterocycles. The van der Waals surface area contributed by atoms with Gasteiger partial charge in [0.2, 0.25) is 0 Å². The molecule has 0 fully saturated rings. The normalized spacial score (nSPS) is 11.0. The minimum Gasteiger partial charge on any atom is -0.397 e. The third kappa shape index (κ3) is 13.1. The van der Waals surface area contributed by atoms with Gasteiger partial charge in [0.15, 0.2) is 0 Å². The topological polar surface area (TPSA) is 38.0 Å². The number of benzene rings is 1. The molecule has 1 rings (SSSR count). The summed E-state index contributed by atoms with van der Waals surface area (Å²) in [5.41, 5.74) is 7.86. The van der Waals surface area contributed by atoms with Crippen LogP contribution in [-0.4, -0.2) is 6.54 Å².